The lowest BCUT2D eigenvalue weighted by Crippen LogP contribution is -2.31. The molecule has 0 radical (unpaired) electrons. The third-order valence-corrected chi connectivity index (χ3v) is 3.22. The van der Waals surface area contributed by atoms with Gasteiger partial charge in [-0.25, -0.2) is 0 Å². The van der Waals surface area contributed by atoms with Gasteiger partial charge < -0.3 is 10.5 Å². The Labute approximate surface area is 124 Å². The van der Waals surface area contributed by atoms with Crippen LogP contribution in [0.3, 0.4) is 0 Å². The fraction of sp³-hybridized carbons (Fsp3) is 0.647. The topological polar surface area (TPSA) is 38.5 Å². The van der Waals surface area contributed by atoms with Gasteiger partial charge in [0.25, 0.3) is 0 Å². The summed E-state index contributed by atoms with van der Waals surface area (Å²) in [5.74, 6) is 2.29. The number of hydrogen-bond acceptors (Lipinski definition) is 3. The second-order valence-corrected chi connectivity index (χ2v) is 6.33. The number of nitrogens with zero attached hydrogens (tertiary/aromatic N) is 1. The quantitative estimate of drug-likeness (QED) is 0.793. The summed E-state index contributed by atoms with van der Waals surface area (Å²) in [4.78, 5) is 2.51. The molecule has 0 aliphatic heterocycles. The summed E-state index contributed by atoms with van der Waals surface area (Å²) in [6.45, 7) is 12.8. The average Bonchev–Trinajstić information content (AvgIpc) is 2.37. The van der Waals surface area contributed by atoms with Crippen molar-refractivity contribution in [3.8, 4) is 5.75 Å². The van der Waals surface area contributed by atoms with Crippen molar-refractivity contribution >= 4 is 0 Å². The smallest absolute Gasteiger partial charge is 0.123 e. The lowest BCUT2D eigenvalue weighted by molar-refractivity contribution is 0.209. The van der Waals surface area contributed by atoms with E-state index in [0.717, 1.165) is 30.9 Å². The van der Waals surface area contributed by atoms with Crippen LogP contribution < -0.4 is 10.5 Å². The lowest BCUT2D eigenvalue weighted by atomic mass is 10.1. The lowest BCUT2D eigenvalue weighted by Gasteiger charge is -2.27. The van der Waals surface area contributed by atoms with E-state index < -0.39 is 0 Å². The van der Waals surface area contributed by atoms with Crippen LogP contribution in [0.2, 0.25) is 0 Å². The molecule has 1 rings (SSSR count). The zero-order valence-corrected chi connectivity index (χ0v) is 13.6. The zero-order chi connectivity index (χ0) is 15.1. The molecule has 0 spiro atoms. The summed E-state index contributed by atoms with van der Waals surface area (Å²) >= 11 is 0. The SMILES string of the molecule is COc1ccc(CN)cc1CN(CC(C)C)CC(C)C. The molecule has 3 heteroatoms. The number of benzene rings is 1. The third kappa shape index (κ3) is 5.51. The van der Waals surface area contributed by atoms with Crippen LogP contribution in [0.5, 0.6) is 5.75 Å². The Morgan fingerprint density at radius 3 is 2.15 bits per heavy atom. The minimum Gasteiger partial charge on any atom is -0.496 e. The third-order valence-electron chi connectivity index (χ3n) is 3.22. The van der Waals surface area contributed by atoms with Crippen LogP contribution in [-0.4, -0.2) is 25.1 Å². The van der Waals surface area contributed by atoms with Crippen molar-refractivity contribution < 1.29 is 4.74 Å². The molecule has 0 aliphatic rings. The predicted molar refractivity (Wildman–Crippen MR) is 85.8 cm³/mol. The van der Waals surface area contributed by atoms with E-state index in [0.29, 0.717) is 18.4 Å². The standard InChI is InChI=1S/C17H30N2O/c1-13(2)10-19(11-14(3)4)12-16-8-15(9-18)6-7-17(16)20-5/h6-8,13-14H,9-12,18H2,1-5H3. The Balaban J connectivity index is 2.90. The van der Waals surface area contributed by atoms with Gasteiger partial charge in [0.05, 0.1) is 7.11 Å². The molecule has 0 aromatic heterocycles. The highest BCUT2D eigenvalue weighted by molar-refractivity contribution is 5.37. The molecule has 2 N–H and O–H groups in total. The van der Waals surface area contributed by atoms with Crippen LogP contribution >= 0.6 is 0 Å². The Kier molecular flexibility index (Phi) is 7.03. The highest BCUT2D eigenvalue weighted by Gasteiger charge is 2.13. The van der Waals surface area contributed by atoms with E-state index in [-0.39, 0.29) is 0 Å². The second-order valence-electron chi connectivity index (χ2n) is 6.33. The summed E-state index contributed by atoms with van der Waals surface area (Å²) in [5.41, 5.74) is 8.14. The fourth-order valence-electron chi connectivity index (χ4n) is 2.56. The molecule has 0 saturated heterocycles. The molecule has 0 atom stereocenters. The van der Waals surface area contributed by atoms with Crippen molar-refractivity contribution in [2.75, 3.05) is 20.2 Å². The van der Waals surface area contributed by atoms with Gasteiger partial charge in [0.1, 0.15) is 5.75 Å². The van der Waals surface area contributed by atoms with Crippen LogP contribution in [0.15, 0.2) is 18.2 Å². The van der Waals surface area contributed by atoms with Crippen LogP contribution in [0.1, 0.15) is 38.8 Å². The van der Waals surface area contributed by atoms with Crippen molar-refractivity contribution in [2.24, 2.45) is 17.6 Å². The van der Waals surface area contributed by atoms with Crippen LogP contribution in [0.4, 0.5) is 0 Å². The normalized spacial score (nSPS) is 11.7. The highest BCUT2D eigenvalue weighted by Crippen LogP contribution is 2.22. The van der Waals surface area contributed by atoms with Gasteiger partial charge in [0.15, 0.2) is 0 Å². The molecule has 20 heavy (non-hydrogen) atoms. The van der Waals surface area contributed by atoms with Crippen LogP contribution in [0.25, 0.3) is 0 Å². The maximum absolute atomic E-state index is 5.75. The Bertz CT molecular complexity index is 392. The summed E-state index contributed by atoms with van der Waals surface area (Å²) < 4.78 is 5.49. The Morgan fingerprint density at radius 1 is 1.10 bits per heavy atom. The number of hydrogen-bond donors (Lipinski definition) is 1. The maximum Gasteiger partial charge on any atom is 0.123 e. The van der Waals surface area contributed by atoms with Crippen molar-refractivity contribution in [3.05, 3.63) is 29.3 Å². The van der Waals surface area contributed by atoms with E-state index in [1.165, 1.54) is 5.56 Å². The van der Waals surface area contributed by atoms with E-state index in [4.69, 9.17) is 10.5 Å². The van der Waals surface area contributed by atoms with Crippen LogP contribution in [-0.2, 0) is 13.1 Å². The van der Waals surface area contributed by atoms with Gasteiger partial charge in [-0.15, -0.1) is 0 Å². The summed E-state index contributed by atoms with van der Waals surface area (Å²) in [7, 11) is 1.73. The Hall–Kier alpha value is -1.06. The molecule has 0 bridgehead atoms. The van der Waals surface area contributed by atoms with E-state index in [1.807, 2.05) is 12.1 Å². The van der Waals surface area contributed by atoms with Crippen LogP contribution in [0, 0.1) is 11.8 Å². The number of ether oxygens (including phenoxy) is 1. The van der Waals surface area contributed by atoms with Gasteiger partial charge in [-0.05, 0) is 29.5 Å². The highest BCUT2D eigenvalue weighted by atomic mass is 16.5. The molecule has 0 fully saturated rings. The molecular weight excluding hydrogens is 248 g/mol. The van der Waals surface area contributed by atoms with Gasteiger partial charge in [0, 0.05) is 31.7 Å². The van der Waals surface area contributed by atoms with Gasteiger partial charge in [-0.2, -0.15) is 0 Å². The molecular formula is C17H30N2O. The molecule has 1 aromatic rings. The molecule has 0 amide bonds. The molecule has 114 valence electrons. The summed E-state index contributed by atoms with van der Waals surface area (Å²) in [6, 6.07) is 6.24. The first-order valence-corrected chi connectivity index (χ1v) is 7.54. The molecule has 0 saturated carbocycles. The van der Waals surface area contributed by atoms with Crippen molar-refractivity contribution in [3.63, 3.8) is 0 Å². The summed E-state index contributed by atoms with van der Waals surface area (Å²) in [6.07, 6.45) is 0. The molecule has 0 heterocycles. The van der Waals surface area contributed by atoms with E-state index in [2.05, 4.69) is 38.7 Å². The second kappa shape index (κ2) is 8.28. The number of nitrogens with two attached hydrogens (primary N) is 1. The minimum atomic E-state index is 0.575. The molecule has 0 unspecified atom stereocenters. The van der Waals surface area contributed by atoms with Gasteiger partial charge in [-0.3, -0.25) is 4.90 Å². The van der Waals surface area contributed by atoms with Crippen molar-refractivity contribution in [1.82, 2.24) is 4.90 Å². The largest absolute Gasteiger partial charge is 0.496 e. The molecule has 0 aliphatic carbocycles. The first kappa shape index (κ1) is 17.0. The Morgan fingerprint density at radius 2 is 1.70 bits per heavy atom. The van der Waals surface area contributed by atoms with E-state index >= 15 is 0 Å². The maximum atomic E-state index is 5.75. The van der Waals surface area contributed by atoms with Gasteiger partial charge >= 0.3 is 0 Å². The van der Waals surface area contributed by atoms with Crippen molar-refractivity contribution in [1.29, 1.82) is 0 Å². The number of methoxy groups -OCH3 is 1. The van der Waals surface area contributed by atoms with E-state index in [1.54, 1.807) is 7.11 Å². The molecule has 3 nitrogen and oxygen atoms in total. The van der Waals surface area contributed by atoms with Crippen molar-refractivity contribution in [2.45, 2.75) is 40.8 Å². The van der Waals surface area contributed by atoms with Gasteiger partial charge in [0.2, 0.25) is 0 Å². The molecule has 1 aromatic carbocycles. The average molecular weight is 278 g/mol. The zero-order valence-electron chi connectivity index (χ0n) is 13.6. The fourth-order valence-corrected chi connectivity index (χ4v) is 2.56. The van der Waals surface area contributed by atoms with Gasteiger partial charge in [-0.1, -0.05) is 33.8 Å². The minimum absolute atomic E-state index is 0.575. The first-order valence-electron chi connectivity index (χ1n) is 7.54. The monoisotopic (exact) mass is 278 g/mol. The summed E-state index contributed by atoms with van der Waals surface area (Å²) in [5, 5.41) is 0. The first-order chi connectivity index (χ1) is 9.46. The predicted octanol–water partition coefficient (Wildman–Crippen LogP) is 3.27. The van der Waals surface area contributed by atoms with E-state index in [9.17, 15) is 0 Å². The number of rotatable bonds is 8.